The highest BCUT2D eigenvalue weighted by Crippen LogP contribution is 2.16. The minimum absolute atomic E-state index is 0.195. The maximum Gasteiger partial charge on any atom is 0.331 e. The van der Waals surface area contributed by atoms with Crippen molar-refractivity contribution < 1.29 is 14.3 Å². The highest BCUT2D eigenvalue weighted by atomic mass is 16.5. The van der Waals surface area contributed by atoms with Crippen LogP contribution in [0.1, 0.15) is 23.1 Å². The zero-order valence-electron chi connectivity index (χ0n) is 15.5. The van der Waals surface area contributed by atoms with E-state index >= 15 is 0 Å². The van der Waals surface area contributed by atoms with Gasteiger partial charge in [0.05, 0.1) is 12.5 Å². The van der Waals surface area contributed by atoms with Gasteiger partial charge in [0.2, 0.25) is 0 Å². The molecule has 0 radical (unpaired) electrons. The minimum atomic E-state index is -0.589. The van der Waals surface area contributed by atoms with Crippen LogP contribution in [0.5, 0.6) is 0 Å². The molecular formula is C22H22N2O3. The fourth-order valence-corrected chi connectivity index (χ4v) is 2.48. The van der Waals surface area contributed by atoms with E-state index in [2.05, 4.69) is 0 Å². The Morgan fingerprint density at radius 2 is 1.85 bits per heavy atom. The Kier molecular flexibility index (Phi) is 7.33. The molecule has 0 spiro atoms. The van der Waals surface area contributed by atoms with Crippen LogP contribution in [-0.2, 0) is 14.3 Å². The van der Waals surface area contributed by atoms with Gasteiger partial charge in [0.25, 0.3) is 5.91 Å². The van der Waals surface area contributed by atoms with Crippen molar-refractivity contribution in [3.63, 3.8) is 0 Å². The molecule has 2 aromatic carbocycles. The lowest BCUT2D eigenvalue weighted by molar-refractivity contribution is -0.142. The number of hydrogen-bond acceptors (Lipinski definition) is 4. The molecular weight excluding hydrogens is 340 g/mol. The van der Waals surface area contributed by atoms with Crippen LogP contribution in [0.25, 0.3) is 6.08 Å². The Morgan fingerprint density at radius 3 is 2.52 bits per heavy atom. The summed E-state index contributed by atoms with van der Waals surface area (Å²) in [7, 11) is 0. The fourth-order valence-electron chi connectivity index (χ4n) is 2.48. The van der Waals surface area contributed by atoms with E-state index in [4.69, 9.17) is 10.00 Å². The molecule has 27 heavy (non-hydrogen) atoms. The smallest absolute Gasteiger partial charge is 0.331 e. The number of ether oxygens (including phenoxy) is 1. The molecule has 0 aromatic heterocycles. The third-order valence-corrected chi connectivity index (χ3v) is 3.89. The molecule has 1 amide bonds. The number of nitrogens with zero attached hydrogens (tertiary/aromatic N) is 2. The lowest BCUT2D eigenvalue weighted by Crippen LogP contribution is -2.35. The van der Waals surface area contributed by atoms with Gasteiger partial charge in [-0.3, -0.25) is 4.79 Å². The van der Waals surface area contributed by atoms with Gasteiger partial charge in [0, 0.05) is 18.3 Å². The molecule has 0 bridgehead atoms. The molecule has 5 heteroatoms. The second-order valence-electron chi connectivity index (χ2n) is 6.14. The zero-order valence-corrected chi connectivity index (χ0v) is 15.5. The molecule has 2 rings (SSSR count). The third-order valence-electron chi connectivity index (χ3n) is 3.89. The van der Waals surface area contributed by atoms with Gasteiger partial charge < -0.3 is 9.64 Å². The molecule has 0 saturated heterocycles. The van der Waals surface area contributed by atoms with Crippen molar-refractivity contribution in [3.8, 4) is 6.07 Å². The standard InChI is InChI=1S/C22H22N2O3/c1-17-7-10-20(11-8-17)24(14-4-13-23)21(25)16-27-22(26)12-9-19-6-3-5-18(2)15-19/h3,5-12,15H,4,14,16H2,1-2H3/b12-9+. The Labute approximate surface area is 159 Å². The first kappa shape index (κ1) is 19.9. The van der Waals surface area contributed by atoms with E-state index in [1.54, 1.807) is 6.08 Å². The van der Waals surface area contributed by atoms with Crippen LogP contribution in [-0.4, -0.2) is 25.0 Å². The van der Waals surface area contributed by atoms with Crippen LogP contribution in [0.4, 0.5) is 5.69 Å². The number of nitriles is 1. The molecule has 138 valence electrons. The van der Waals surface area contributed by atoms with Crippen molar-refractivity contribution >= 4 is 23.6 Å². The van der Waals surface area contributed by atoms with Gasteiger partial charge in [-0.05, 0) is 37.6 Å². The van der Waals surface area contributed by atoms with Crippen molar-refractivity contribution in [3.05, 3.63) is 71.3 Å². The van der Waals surface area contributed by atoms with Crippen LogP contribution in [0.3, 0.4) is 0 Å². The fraction of sp³-hybridized carbons (Fsp3) is 0.227. The monoisotopic (exact) mass is 362 g/mol. The number of benzene rings is 2. The Balaban J connectivity index is 1.97. The van der Waals surface area contributed by atoms with Crippen molar-refractivity contribution in [1.29, 1.82) is 5.26 Å². The van der Waals surface area contributed by atoms with Crippen LogP contribution in [0, 0.1) is 25.2 Å². The number of rotatable bonds is 7. The first-order valence-electron chi connectivity index (χ1n) is 8.65. The normalized spacial score (nSPS) is 10.4. The average Bonchev–Trinajstić information content (AvgIpc) is 2.66. The lowest BCUT2D eigenvalue weighted by atomic mass is 10.1. The molecule has 0 atom stereocenters. The molecule has 0 aliphatic heterocycles. The second-order valence-corrected chi connectivity index (χ2v) is 6.14. The molecule has 0 aliphatic rings. The summed E-state index contributed by atoms with van der Waals surface area (Å²) in [5, 5.41) is 8.82. The first-order chi connectivity index (χ1) is 13.0. The predicted octanol–water partition coefficient (Wildman–Crippen LogP) is 3.81. The van der Waals surface area contributed by atoms with Crippen LogP contribution in [0.15, 0.2) is 54.6 Å². The summed E-state index contributed by atoms with van der Waals surface area (Å²) in [5.74, 6) is -0.958. The molecule has 5 nitrogen and oxygen atoms in total. The summed E-state index contributed by atoms with van der Waals surface area (Å²) in [6.07, 6.45) is 3.14. The molecule has 0 N–H and O–H groups in total. The van der Waals surface area contributed by atoms with Crippen molar-refractivity contribution in [1.82, 2.24) is 0 Å². The highest BCUT2D eigenvalue weighted by Gasteiger charge is 2.16. The largest absolute Gasteiger partial charge is 0.452 e. The Morgan fingerprint density at radius 1 is 1.11 bits per heavy atom. The SMILES string of the molecule is Cc1ccc(N(CCC#N)C(=O)COC(=O)/C=C/c2cccc(C)c2)cc1. The van der Waals surface area contributed by atoms with E-state index < -0.39 is 5.97 Å². The third kappa shape index (κ3) is 6.44. The van der Waals surface area contributed by atoms with E-state index in [0.717, 1.165) is 16.7 Å². The summed E-state index contributed by atoms with van der Waals surface area (Å²) in [5.41, 5.74) is 3.71. The Hall–Kier alpha value is -3.39. The quantitative estimate of drug-likeness (QED) is 0.555. The molecule has 0 fully saturated rings. The van der Waals surface area contributed by atoms with E-state index in [1.807, 2.05) is 68.4 Å². The molecule has 0 unspecified atom stereocenters. The summed E-state index contributed by atoms with van der Waals surface area (Å²) in [6, 6.07) is 17.1. The predicted molar refractivity (Wildman–Crippen MR) is 105 cm³/mol. The average molecular weight is 362 g/mol. The van der Waals surface area contributed by atoms with Crippen LogP contribution < -0.4 is 4.90 Å². The number of carbonyl (C=O) groups is 2. The summed E-state index contributed by atoms with van der Waals surface area (Å²) in [4.78, 5) is 25.8. The summed E-state index contributed by atoms with van der Waals surface area (Å²) in [6.45, 7) is 3.79. The van der Waals surface area contributed by atoms with Gasteiger partial charge in [-0.25, -0.2) is 4.79 Å². The van der Waals surface area contributed by atoms with Crippen molar-refractivity contribution in [2.24, 2.45) is 0 Å². The number of amides is 1. The summed E-state index contributed by atoms with van der Waals surface area (Å²) < 4.78 is 5.06. The van der Waals surface area contributed by atoms with Gasteiger partial charge >= 0.3 is 5.97 Å². The van der Waals surface area contributed by atoms with Gasteiger partial charge in [0.15, 0.2) is 6.61 Å². The van der Waals surface area contributed by atoms with Gasteiger partial charge in [0.1, 0.15) is 0 Å². The van der Waals surface area contributed by atoms with E-state index in [0.29, 0.717) is 5.69 Å². The first-order valence-corrected chi connectivity index (χ1v) is 8.65. The topological polar surface area (TPSA) is 70.4 Å². The number of anilines is 1. The zero-order chi connectivity index (χ0) is 19.6. The molecule has 0 heterocycles. The van der Waals surface area contributed by atoms with E-state index in [1.165, 1.54) is 11.0 Å². The number of hydrogen-bond donors (Lipinski definition) is 0. The van der Waals surface area contributed by atoms with E-state index in [-0.39, 0.29) is 25.5 Å². The van der Waals surface area contributed by atoms with Gasteiger partial charge in [-0.1, -0.05) is 47.5 Å². The maximum atomic E-state index is 12.5. The van der Waals surface area contributed by atoms with E-state index in [9.17, 15) is 9.59 Å². The van der Waals surface area contributed by atoms with Crippen LogP contribution in [0.2, 0.25) is 0 Å². The van der Waals surface area contributed by atoms with Crippen LogP contribution >= 0.6 is 0 Å². The molecule has 2 aromatic rings. The van der Waals surface area contributed by atoms with Gasteiger partial charge in [-0.15, -0.1) is 0 Å². The highest BCUT2D eigenvalue weighted by molar-refractivity contribution is 5.96. The second kappa shape index (κ2) is 9.93. The lowest BCUT2D eigenvalue weighted by Gasteiger charge is -2.21. The number of aryl methyl sites for hydroxylation is 2. The maximum absolute atomic E-state index is 12.5. The number of esters is 1. The summed E-state index contributed by atoms with van der Waals surface area (Å²) >= 11 is 0. The molecule has 0 aliphatic carbocycles. The molecule has 0 saturated carbocycles. The van der Waals surface area contributed by atoms with Crippen molar-refractivity contribution in [2.45, 2.75) is 20.3 Å². The van der Waals surface area contributed by atoms with Gasteiger partial charge in [-0.2, -0.15) is 5.26 Å². The van der Waals surface area contributed by atoms with Crippen molar-refractivity contribution in [2.75, 3.05) is 18.1 Å². The minimum Gasteiger partial charge on any atom is -0.452 e. The Bertz CT molecular complexity index is 864. The number of carbonyl (C=O) groups excluding carboxylic acids is 2.